The number of piperidine rings is 1. The molecule has 0 aliphatic carbocycles. The van der Waals surface area contributed by atoms with Crippen LogP contribution in [0, 0.1) is 11.6 Å². The van der Waals surface area contributed by atoms with E-state index >= 15 is 0 Å². The number of hydrogen-bond donors (Lipinski definition) is 2. The van der Waals surface area contributed by atoms with Gasteiger partial charge in [-0.15, -0.1) is 12.4 Å². The van der Waals surface area contributed by atoms with Gasteiger partial charge in [-0.05, 0) is 51.0 Å². The van der Waals surface area contributed by atoms with Crippen molar-refractivity contribution in [3.8, 4) is 0 Å². The molecular formula is C25H28ClF2N7O3S2. The maximum absolute atomic E-state index is 14.1. The summed E-state index contributed by atoms with van der Waals surface area (Å²) >= 11 is 0.906. The Balaban J connectivity index is 0.00000370. The van der Waals surface area contributed by atoms with Gasteiger partial charge in [0.2, 0.25) is 15.8 Å². The average molecular weight is 612 g/mol. The van der Waals surface area contributed by atoms with Gasteiger partial charge in [-0.1, -0.05) is 17.4 Å². The fraction of sp³-hybridized carbons (Fsp3) is 0.360. The maximum atomic E-state index is 14.1. The van der Waals surface area contributed by atoms with Gasteiger partial charge in [-0.25, -0.2) is 27.2 Å². The van der Waals surface area contributed by atoms with Crippen LogP contribution in [0.3, 0.4) is 0 Å². The molecular weight excluding hydrogens is 584 g/mol. The Labute approximate surface area is 240 Å². The number of nitrogens with one attached hydrogen (secondary N) is 1. The fourth-order valence-corrected chi connectivity index (χ4v) is 7.04. The summed E-state index contributed by atoms with van der Waals surface area (Å²) in [4.78, 5) is 27.7. The van der Waals surface area contributed by atoms with E-state index in [2.05, 4.69) is 20.3 Å². The predicted molar refractivity (Wildman–Crippen MR) is 153 cm³/mol. The molecule has 2 aromatic heterocycles. The number of halogens is 3. The number of ketones is 1. The van der Waals surface area contributed by atoms with E-state index in [1.54, 1.807) is 12.1 Å². The Morgan fingerprint density at radius 3 is 2.40 bits per heavy atom. The van der Waals surface area contributed by atoms with Crippen molar-refractivity contribution in [3.05, 3.63) is 58.6 Å². The summed E-state index contributed by atoms with van der Waals surface area (Å²) in [5.74, 6) is -1.46. The van der Waals surface area contributed by atoms with Gasteiger partial charge in [-0.2, -0.15) is 4.31 Å². The van der Waals surface area contributed by atoms with Crippen LogP contribution in [0.25, 0.3) is 0 Å². The summed E-state index contributed by atoms with van der Waals surface area (Å²) < 4.78 is 56.0. The topological polar surface area (TPSA) is 134 Å². The molecule has 1 saturated heterocycles. The number of thiazole rings is 1. The quantitative estimate of drug-likeness (QED) is 0.384. The van der Waals surface area contributed by atoms with Gasteiger partial charge in [0.25, 0.3) is 0 Å². The Morgan fingerprint density at radius 1 is 1.15 bits per heavy atom. The maximum Gasteiger partial charge on any atom is 0.244 e. The summed E-state index contributed by atoms with van der Waals surface area (Å²) in [6, 6.07) is 6.46. The number of rotatable bonds is 7. The number of amidine groups is 1. The van der Waals surface area contributed by atoms with Crippen molar-refractivity contribution in [1.82, 2.24) is 14.3 Å². The van der Waals surface area contributed by atoms with E-state index in [1.807, 2.05) is 18.7 Å². The number of pyridine rings is 1. The molecule has 4 heterocycles. The molecule has 15 heteroatoms. The minimum atomic E-state index is -3.73. The van der Waals surface area contributed by atoms with Crippen molar-refractivity contribution < 1.29 is 22.0 Å². The Morgan fingerprint density at radius 2 is 1.82 bits per heavy atom. The fourth-order valence-electron chi connectivity index (χ4n) is 4.72. The van der Waals surface area contributed by atoms with Crippen molar-refractivity contribution in [3.63, 3.8) is 0 Å². The molecule has 5 rings (SSSR count). The molecule has 40 heavy (non-hydrogen) atoms. The molecule has 0 saturated carbocycles. The number of aromatic nitrogens is 2. The molecule has 0 spiro atoms. The van der Waals surface area contributed by atoms with Crippen LogP contribution >= 0.6 is 23.7 Å². The van der Waals surface area contributed by atoms with Crippen molar-refractivity contribution in [2.24, 2.45) is 4.99 Å². The summed E-state index contributed by atoms with van der Waals surface area (Å²) in [5, 5.41) is 3.50. The molecule has 3 aromatic rings. The van der Waals surface area contributed by atoms with Crippen LogP contribution in [0.1, 0.15) is 41.9 Å². The number of nitrogens with two attached hydrogens (primary N) is 1. The van der Waals surface area contributed by atoms with Gasteiger partial charge in [0.05, 0.1) is 11.6 Å². The largest absolute Gasteiger partial charge is 0.382 e. The second-order valence-electron chi connectivity index (χ2n) is 9.47. The van der Waals surface area contributed by atoms with Gasteiger partial charge < -0.3 is 16.0 Å². The molecule has 1 aromatic carbocycles. The lowest BCUT2D eigenvalue weighted by Gasteiger charge is -2.31. The van der Waals surface area contributed by atoms with Crippen LogP contribution in [0.5, 0.6) is 0 Å². The van der Waals surface area contributed by atoms with E-state index in [0.29, 0.717) is 30.3 Å². The van der Waals surface area contributed by atoms with Crippen LogP contribution in [0.15, 0.2) is 46.4 Å². The van der Waals surface area contributed by atoms with Gasteiger partial charge in [0.15, 0.2) is 5.13 Å². The highest BCUT2D eigenvalue weighted by molar-refractivity contribution is 7.89. The lowest BCUT2D eigenvalue weighted by atomic mass is 10.1. The molecule has 2 aliphatic heterocycles. The van der Waals surface area contributed by atoms with Crippen LogP contribution in [0.2, 0.25) is 0 Å². The van der Waals surface area contributed by atoms with E-state index in [1.165, 1.54) is 16.6 Å². The Kier molecular flexibility index (Phi) is 8.73. The number of anilines is 3. The highest BCUT2D eigenvalue weighted by Gasteiger charge is 2.31. The first-order valence-corrected chi connectivity index (χ1v) is 14.6. The second kappa shape index (κ2) is 11.7. The molecule has 1 unspecified atom stereocenters. The molecule has 1 atom stereocenters. The number of hydrogen-bond acceptors (Lipinski definition) is 10. The third kappa shape index (κ3) is 5.80. The first-order chi connectivity index (χ1) is 18.5. The lowest BCUT2D eigenvalue weighted by molar-refractivity contribution is 0.103. The van der Waals surface area contributed by atoms with E-state index in [0.717, 1.165) is 29.3 Å². The predicted octanol–water partition coefficient (Wildman–Crippen LogP) is 3.94. The molecule has 2 aliphatic rings. The van der Waals surface area contributed by atoms with Crippen molar-refractivity contribution in [2.45, 2.75) is 43.7 Å². The van der Waals surface area contributed by atoms with Crippen molar-refractivity contribution in [1.29, 1.82) is 0 Å². The zero-order valence-corrected chi connectivity index (χ0v) is 24.1. The monoisotopic (exact) mass is 611 g/mol. The van der Waals surface area contributed by atoms with Crippen LogP contribution < -0.4 is 16.0 Å². The highest BCUT2D eigenvalue weighted by Crippen LogP contribution is 2.31. The highest BCUT2D eigenvalue weighted by atomic mass is 35.5. The van der Waals surface area contributed by atoms with Gasteiger partial charge >= 0.3 is 0 Å². The third-order valence-corrected chi connectivity index (χ3v) is 9.59. The van der Waals surface area contributed by atoms with Crippen LogP contribution in [-0.4, -0.2) is 66.0 Å². The number of nitrogens with zero attached hydrogens (tertiary/aromatic N) is 5. The molecule has 0 radical (unpaired) electrons. The molecule has 0 amide bonds. The third-order valence-electron chi connectivity index (χ3n) is 6.71. The van der Waals surface area contributed by atoms with E-state index in [4.69, 9.17) is 5.73 Å². The molecule has 0 bridgehead atoms. The Hall–Kier alpha value is -3.20. The van der Waals surface area contributed by atoms with Crippen LogP contribution in [-0.2, 0) is 10.0 Å². The summed E-state index contributed by atoms with van der Waals surface area (Å²) in [5.41, 5.74) is 5.20. The molecule has 3 N–H and O–H groups in total. The average Bonchev–Trinajstić information content (AvgIpc) is 3.44. The van der Waals surface area contributed by atoms with Gasteiger partial charge in [0, 0.05) is 31.9 Å². The number of sulfonamides is 1. The lowest BCUT2D eigenvalue weighted by Crippen LogP contribution is -2.42. The standard InChI is InChI=1S/C25H27F2N7O3S2.ClH/c1-14-13-34(15(2)30-14)20-7-6-17(12-29-20)39(36,37)33-10-8-16(9-11-33)31-25-32-24(28)23(38-25)22(35)21-18(26)4-3-5-19(21)27;/h3-7,12,14,16H,8-11,13,28H2,1-2H3,(H,31,32);1H. The van der Waals surface area contributed by atoms with Gasteiger partial charge in [-0.3, -0.25) is 9.79 Å². The number of nitrogen functional groups attached to an aromatic ring is 1. The first-order valence-electron chi connectivity index (χ1n) is 12.3. The van der Waals surface area contributed by atoms with Crippen molar-refractivity contribution >= 4 is 62.2 Å². The minimum Gasteiger partial charge on any atom is -0.382 e. The summed E-state index contributed by atoms with van der Waals surface area (Å²) in [6.45, 7) is 5.14. The summed E-state index contributed by atoms with van der Waals surface area (Å²) in [7, 11) is -3.73. The van der Waals surface area contributed by atoms with Crippen LogP contribution in [0.4, 0.5) is 25.5 Å². The SMILES string of the molecule is CC1=NC(C)CN1c1ccc(S(=O)(=O)N2CCC(Nc3nc(N)c(C(=O)c4c(F)cccc4F)s3)CC2)cn1.Cl. The zero-order chi connectivity index (χ0) is 27.9. The van der Waals surface area contributed by atoms with E-state index < -0.39 is 33.0 Å². The number of carbonyl (C=O) groups excluding carboxylic acids is 1. The van der Waals surface area contributed by atoms with Gasteiger partial charge in [0.1, 0.15) is 38.9 Å². The second-order valence-corrected chi connectivity index (χ2v) is 12.4. The summed E-state index contributed by atoms with van der Waals surface area (Å²) in [6.07, 6.45) is 2.34. The van der Waals surface area contributed by atoms with E-state index in [9.17, 15) is 22.0 Å². The minimum absolute atomic E-state index is 0. The first kappa shape index (κ1) is 29.8. The van der Waals surface area contributed by atoms with Crippen molar-refractivity contribution in [2.75, 3.05) is 35.6 Å². The zero-order valence-electron chi connectivity index (χ0n) is 21.7. The smallest absolute Gasteiger partial charge is 0.244 e. The molecule has 1 fully saturated rings. The normalized spacial score (nSPS) is 18.4. The number of carbonyl (C=O) groups is 1. The number of aliphatic imine (C=N–C) groups is 1. The molecule has 10 nitrogen and oxygen atoms in total. The number of benzene rings is 1. The Bertz CT molecular complexity index is 1520. The molecule has 214 valence electrons. The van der Waals surface area contributed by atoms with E-state index in [-0.39, 0.29) is 53.2 Å².